The quantitative estimate of drug-likeness (QED) is 0.898. The minimum absolute atomic E-state index is 0.123. The molecular formula is C16H23FN4. The molecule has 0 amide bonds. The van der Waals surface area contributed by atoms with Crippen molar-refractivity contribution < 1.29 is 4.39 Å². The van der Waals surface area contributed by atoms with Crippen molar-refractivity contribution in [3.05, 3.63) is 30.1 Å². The Bertz CT molecular complexity index is 472. The first kappa shape index (κ1) is 15.7. The molecule has 0 aromatic heterocycles. The summed E-state index contributed by atoms with van der Waals surface area (Å²) >= 11 is 0. The van der Waals surface area contributed by atoms with Gasteiger partial charge in [-0.25, -0.2) is 4.39 Å². The van der Waals surface area contributed by atoms with E-state index in [4.69, 9.17) is 0 Å². The lowest BCUT2D eigenvalue weighted by atomic mass is 10.2. The van der Waals surface area contributed by atoms with Gasteiger partial charge in [-0.05, 0) is 38.1 Å². The second kappa shape index (κ2) is 7.39. The lowest BCUT2D eigenvalue weighted by Crippen LogP contribution is -2.51. The van der Waals surface area contributed by atoms with Crippen LogP contribution in [0.2, 0.25) is 0 Å². The summed E-state index contributed by atoms with van der Waals surface area (Å²) in [7, 11) is 0. The number of benzene rings is 1. The van der Waals surface area contributed by atoms with Crippen molar-refractivity contribution in [3.63, 3.8) is 0 Å². The molecule has 21 heavy (non-hydrogen) atoms. The lowest BCUT2D eigenvalue weighted by molar-refractivity contribution is 0.240. The van der Waals surface area contributed by atoms with Crippen LogP contribution in [0.15, 0.2) is 24.3 Å². The van der Waals surface area contributed by atoms with Crippen molar-refractivity contribution in [2.24, 2.45) is 0 Å². The SMILES string of the molecule is CC(C)NC(C#N)CN1CCN(c2ccc(F)cc2)CC1. The number of rotatable bonds is 5. The maximum Gasteiger partial charge on any atom is 0.123 e. The summed E-state index contributed by atoms with van der Waals surface area (Å²) in [5.41, 5.74) is 1.06. The second-order valence-electron chi connectivity index (χ2n) is 5.77. The highest BCUT2D eigenvalue weighted by Gasteiger charge is 2.20. The average Bonchev–Trinajstić information content (AvgIpc) is 2.48. The molecule has 1 aliphatic heterocycles. The number of hydrogen-bond donors (Lipinski definition) is 1. The Labute approximate surface area is 126 Å². The zero-order valence-electron chi connectivity index (χ0n) is 12.7. The lowest BCUT2D eigenvalue weighted by Gasteiger charge is -2.37. The molecule has 0 saturated carbocycles. The van der Waals surface area contributed by atoms with Crippen LogP contribution in [0.3, 0.4) is 0 Å². The Balaban J connectivity index is 1.83. The van der Waals surface area contributed by atoms with Crippen LogP contribution in [-0.4, -0.2) is 49.7 Å². The Morgan fingerprint density at radius 3 is 2.33 bits per heavy atom. The van der Waals surface area contributed by atoms with Gasteiger partial charge in [0.1, 0.15) is 11.9 Å². The summed E-state index contributed by atoms with van der Waals surface area (Å²) < 4.78 is 12.9. The first-order valence-corrected chi connectivity index (χ1v) is 7.47. The maximum absolute atomic E-state index is 12.9. The highest BCUT2D eigenvalue weighted by Crippen LogP contribution is 2.16. The molecule has 0 bridgehead atoms. The van der Waals surface area contributed by atoms with Crippen LogP contribution in [-0.2, 0) is 0 Å². The summed E-state index contributed by atoms with van der Waals surface area (Å²) in [6.07, 6.45) is 0. The van der Waals surface area contributed by atoms with Gasteiger partial charge >= 0.3 is 0 Å². The molecule has 1 N–H and O–H groups in total. The Kier molecular flexibility index (Phi) is 5.54. The molecule has 0 radical (unpaired) electrons. The van der Waals surface area contributed by atoms with Crippen LogP contribution in [0.1, 0.15) is 13.8 Å². The third-order valence-corrected chi connectivity index (χ3v) is 3.70. The Morgan fingerprint density at radius 1 is 1.19 bits per heavy atom. The molecule has 5 heteroatoms. The van der Waals surface area contributed by atoms with Gasteiger partial charge in [-0.1, -0.05) is 0 Å². The predicted octanol–water partition coefficient (Wildman–Crippen LogP) is 1.84. The fourth-order valence-electron chi connectivity index (χ4n) is 2.63. The van der Waals surface area contributed by atoms with Gasteiger partial charge in [0.2, 0.25) is 0 Å². The van der Waals surface area contributed by atoms with Gasteiger partial charge in [0.15, 0.2) is 0 Å². The Morgan fingerprint density at radius 2 is 1.81 bits per heavy atom. The molecule has 1 aromatic carbocycles. The van der Waals surface area contributed by atoms with Crippen LogP contribution in [0.4, 0.5) is 10.1 Å². The molecule has 1 saturated heterocycles. The van der Waals surface area contributed by atoms with E-state index in [1.165, 1.54) is 12.1 Å². The van der Waals surface area contributed by atoms with Gasteiger partial charge in [0, 0.05) is 44.5 Å². The van der Waals surface area contributed by atoms with Gasteiger partial charge in [0.25, 0.3) is 0 Å². The van der Waals surface area contributed by atoms with E-state index in [9.17, 15) is 9.65 Å². The van der Waals surface area contributed by atoms with E-state index in [1.807, 2.05) is 12.1 Å². The number of hydrogen-bond acceptors (Lipinski definition) is 4. The van der Waals surface area contributed by atoms with E-state index in [2.05, 4.69) is 35.0 Å². The van der Waals surface area contributed by atoms with Crippen molar-refractivity contribution >= 4 is 5.69 Å². The summed E-state index contributed by atoms with van der Waals surface area (Å²) in [6, 6.07) is 9.16. The van der Waals surface area contributed by atoms with E-state index < -0.39 is 0 Å². The van der Waals surface area contributed by atoms with Crippen LogP contribution in [0.25, 0.3) is 0 Å². The minimum atomic E-state index is -0.200. The van der Waals surface area contributed by atoms with Crippen molar-refractivity contribution in [2.75, 3.05) is 37.6 Å². The highest BCUT2D eigenvalue weighted by atomic mass is 19.1. The number of piperazine rings is 1. The number of anilines is 1. The van der Waals surface area contributed by atoms with Crippen molar-refractivity contribution in [3.8, 4) is 6.07 Å². The largest absolute Gasteiger partial charge is 0.369 e. The minimum Gasteiger partial charge on any atom is -0.369 e. The maximum atomic E-state index is 12.9. The third-order valence-electron chi connectivity index (χ3n) is 3.70. The van der Waals surface area contributed by atoms with Crippen LogP contribution in [0, 0.1) is 17.1 Å². The zero-order chi connectivity index (χ0) is 15.2. The second-order valence-corrected chi connectivity index (χ2v) is 5.77. The molecule has 1 aromatic rings. The van der Waals surface area contributed by atoms with E-state index in [1.54, 1.807) is 0 Å². The fourth-order valence-corrected chi connectivity index (χ4v) is 2.63. The molecule has 0 aliphatic carbocycles. The average molecular weight is 290 g/mol. The molecule has 1 aliphatic rings. The molecule has 2 rings (SSSR count). The standard InChI is InChI=1S/C16H23FN4/c1-13(2)19-15(11-18)12-20-7-9-21(10-8-20)16-5-3-14(17)4-6-16/h3-6,13,15,19H,7-10,12H2,1-2H3. The first-order chi connectivity index (χ1) is 10.1. The van der Waals surface area contributed by atoms with Crippen molar-refractivity contribution in [1.82, 2.24) is 10.2 Å². The van der Waals surface area contributed by atoms with Crippen LogP contribution >= 0.6 is 0 Å². The first-order valence-electron chi connectivity index (χ1n) is 7.47. The Hall–Kier alpha value is -1.64. The van der Waals surface area contributed by atoms with Gasteiger partial charge < -0.3 is 4.90 Å². The molecule has 0 spiro atoms. The van der Waals surface area contributed by atoms with Gasteiger partial charge in [-0.3, -0.25) is 10.2 Å². The van der Waals surface area contributed by atoms with Crippen molar-refractivity contribution in [2.45, 2.75) is 25.9 Å². The molecule has 1 fully saturated rings. The molecular weight excluding hydrogens is 267 g/mol. The normalized spacial score (nSPS) is 17.8. The van der Waals surface area contributed by atoms with Crippen molar-refractivity contribution in [1.29, 1.82) is 5.26 Å². The predicted molar refractivity (Wildman–Crippen MR) is 82.7 cm³/mol. The molecule has 1 atom stereocenters. The van der Waals surface area contributed by atoms with E-state index in [0.717, 1.165) is 38.4 Å². The summed E-state index contributed by atoms with van der Waals surface area (Å²) in [5.74, 6) is -0.200. The topological polar surface area (TPSA) is 42.3 Å². The summed E-state index contributed by atoms with van der Waals surface area (Å²) in [4.78, 5) is 4.57. The molecule has 1 heterocycles. The third kappa shape index (κ3) is 4.69. The fraction of sp³-hybridized carbons (Fsp3) is 0.562. The molecule has 4 nitrogen and oxygen atoms in total. The van der Waals surface area contributed by atoms with E-state index in [-0.39, 0.29) is 11.9 Å². The van der Waals surface area contributed by atoms with E-state index in [0.29, 0.717) is 6.04 Å². The van der Waals surface area contributed by atoms with E-state index >= 15 is 0 Å². The number of nitrogens with one attached hydrogen (secondary N) is 1. The highest BCUT2D eigenvalue weighted by molar-refractivity contribution is 5.46. The number of nitriles is 1. The van der Waals surface area contributed by atoms with Crippen LogP contribution in [0.5, 0.6) is 0 Å². The molecule has 114 valence electrons. The monoisotopic (exact) mass is 290 g/mol. The summed E-state index contributed by atoms with van der Waals surface area (Å²) in [6.45, 7) is 8.53. The van der Waals surface area contributed by atoms with Gasteiger partial charge in [-0.2, -0.15) is 5.26 Å². The number of nitrogens with zero attached hydrogens (tertiary/aromatic N) is 3. The van der Waals surface area contributed by atoms with Crippen LogP contribution < -0.4 is 10.2 Å². The summed E-state index contributed by atoms with van der Waals surface area (Å²) in [5, 5.41) is 12.4. The number of halogens is 1. The zero-order valence-corrected chi connectivity index (χ0v) is 12.7. The van der Waals surface area contributed by atoms with Gasteiger partial charge in [0.05, 0.1) is 6.07 Å². The smallest absolute Gasteiger partial charge is 0.123 e. The molecule has 1 unspecified atom stereocenters. The van der Waals surface area contributed by atoms with Gasteiger partial charge in [-0.15, -0.1) is 0 Å².